The van der Waals surface area contributed by atoms with E-state index in [0.717, 1.165) is 0 Å². The van der Waals surface area contributed by atoms with Crippen molar-refractivity contribution in [2.45, 2.75) is 33.7 Å². The van der Waals surface area contributed by atoms with Gasteiger partial charge in [-0.3, -0.25) is 9.59 Å². The minimum atomic E-state index is -0.562. The quantitative estimate of drug-likeness (QED) is 0.873. The van der Waals surface area contributed by atoms with Crippen LogP contribution in [0.15, 0.2) is 24.3 Å². The summed E-state index contributed by atoms with van der Waals surface area (Å²) in [5.74, 6) is -0.0331. The van der Waals surface area contributed by atoms with Crippen molar-refractivity contribution in [1.29, 1.82) is 0 Å². The predicted molar refractivity (Wildman–Crippen MR) is 90.0 cm³/mol. The molecule has 1 unspecified atom stereocenters. The van der Waals surface area contributed by atoms with E-state index in [1.54, 1.807) is 36.2 Å². The fourth-order valence-electron chi connectivity index (χ4n) is 2.25. The van der Waals surface area contributed by atoms with E-state index >= 15 is 0 Å². The van der Waals surface area contributed by atoms with Crippen molar-refractivity contribution in [3.8, 4) is 0 Å². The van der Waals surface area contributed by atoms with E-state index in [2.05, 4.69) is 19.2 Å². The standard InChI is InChI=1S/C17H25ClN2O2/c1-11(2)10-20(5)17(22)15(12(3)4)19-16(21)13-8-6-7-9-14(13)18/h6-9,11-12,15H,10H2,1-5H3,(H,19,21). The third-order valence-corrected chi connectivity index (χ3v) is 3.68. The summed E-state index contributed by atoms with van der Waals surface area (Å²) in [4.78, 5) is 26.6. The molecule has 4 nitrogen and oxygen atoms in total. The molecule has 0 aliphatic rings. The normalized spacial score (nSPS) is 12.4. The fraction of sp³-hybridized carbons (Fsp3) is 0.529. The van der Waals surface area contributed by atoms with Crippen molar-refractivity contribution in [3.63, 3.8) is 0 Å². The Morgan fingerprint density at radius 3 is 2.27 bits per heavy atom. The summed E-state index contributed by atoms with van der Waals surface area (Å²) in [5.41, 5.74) is 0.383. The lowest BCUT2D eigenvalue weighted by atomic mass is 10.0. The second-order valence-electron chi connectivity index (χ2n) is 6.29. The van der Waals surface area contributed by atoms with Gasteiger partial charge in [-0.25, -0.2) is 0 Å². The third-order valence-electron chi connectivity index (χ3n) is 3.35. The number of likely N-dealkylation sites (N-methyl/N-ethyl adjacent to an activating group) is 1. The number of benzene rings is 1. The van der Waals surface area contributed by atoms with Crippen molar-refractivity contribution in [1.82, 2.24) is 10.2 Å². The van der Waals surface area contributed by atoms with E-state index in [9.17, 15) is 9.59 Å². The van der Waals surface area contributed by atoms with Crippen molar-refractivity contribution >= 4 is 23.4 Å². The molecule has 5 heteroatoms. The fourth-order valence-corrected chi connectivity index (χ4v) is 2.47. The van der Waals surface area contributed by atoms with Gasteiger partial charge in [-0.15, -0.1) is 0 Å². The first-order valence-electron chi connectivity index (χ1n) is 7.54. The number of carbonyl (C=O) groups is 2. The number of rotatable bonds is 6. The maximum atomic E-state index is 12.6. The number of hydrogen-bond donors (Lipinski definition) is 1. The molecule has 0 saturated heterocycles. The highest BCUT2D eigenvalue weighted by Crippen LogP contribution is 2.16. The van der Waals surface area contributed by atoms with Crippen LogP contribution in [0, 0.1) is 11.8 Å². The van der Waals surface area contributed by atoms with E-state index in [-0.39, 0.29) is 17.7 Å². The summed E-state index contributed by atoms with van der Waals surface area (Å²) < 4.78 is 0. The smallest absolute Gasteiger partial charge is 0.253 e. The Bertz CT molecular complexity index is 529. The van der Waals surface area contributed by atoms with E-state index in [0.29, 0.717) is 23.0 Å². The van der Waals surface area contributed by atoms with Gasteiger partial charge in [-0.2, -0.15) is 0 Å². The van der Waals surface area contributed by atoms with Crippen LogP contribution in [0.2, 0.25) is 5.02 Å². The lowest BCUT2D eigenvalue weighted by Gasteiger charge is -2.28. The first kappa shape index (κ1) is 18.5. The highest BCUT2D eigenvalue weighted by Gasteiger charge is 2.28. The largest absolute Gasteiger partial charge is 0.344 e. The Morgan fingerprint density at radius 2 is 1.77 bits per heavy atom. The predicted octanol–water partition coefficient (Wildman–Crippen LogP) is 3.21. The summed E-state index contributed by atoms with van der Waals surface area (Å²) in [5, 5.41) is 3.19. The van der Waals surface area contributed by atoms with Crippen LogP contribution in [-0.4, -0.2) is 36.3 Å². The average Bonchev–Trinajstić information content (AvgIpc) is 2.43. The van der Waals surface area contributed by atoms with Gasteiger partial charge in [-0.05, 0) is 24.0 Å². The number of nitrogens with one attached hydrogen (secondary N) is 1. The number of nitrogens with zero attached hydrogens (tertiary/aromatic N) is 1. The zero-order valence-corrected chi connectivity index (χ0v) is 14.6. The van der Waals surface area contributed by atoms with E-state index in [1.807, 2.05) is 13.8 Å². The third kappa shape index (κ3) is 5.02. The van der Waals surface area contributed by atoms with Crippen LogP contribution in [-0.2, 0) is 4.79 Å². The molecule has 0 spiro atoms. The molecule has 0 bridgehead atoms. The lowest BCUT2D eigenvalue weighted by Crippen LogP contribution is -2.50. The molecule has 1 aromatic carbocycles. The number of carbonyl (C=O) groups excluding carboxylic acids is 2. The van der Waals surface area contributed by atoms with Gasteiger partial charge < -0.3 is 10.2 Å². The maximum absolute atomic E-state index is 12.6. The molecule has 22 heavy (non-hydrogen) atoms. The van der Waals surface area contributed by atoms with Gasteiger partial charge in [0.2, 0.25) is 5.91 Å². The zero-order valence-electron chi connectivity index (χ0n) is 13.9. The molecular formula is C17H25ClN2O2. The SMILES string of the molecule is CC(C)CN(C)C(=O)C(NC(=O)c1ccccc1Cl)C(C)C. The summed E-state index contributed by atoms with van der Waals surface area (Å²) in [6.07, 6.45) is 0. The number of halogens is 1. The van der Waals surface area contributed by atoms with Gasteiger partial charge in [0.25, 0.3) is 5.91 Å². The average molecular weight is 325 g/mol. The van der Waals surface area contributed by atoms with Gasteiger partial charge in [-0.1, -0.05) is 51.4 Å². The number of amides is 2. The molecular weight excluding hydrogens is 300 g/mol. The number of hydrogen-bond acceptors (Lipinski definition) is 2. The molecule has 0 radical (unpaired) electrons. The van der Waals surface area contributed by atoms with Crippen LogP contribution >= 0.6 is 11.6 Å². The van der Waals surface area contributed by atoms with Crippen LogP contribution < -0.4 is 5.32 Å². The molecule has 122 valence electrons. The molecule has 0 aliphatic heterocycles. The van der Waals surface area contributed by atoms with E-state index in [1.165, 1.54) is 0 Å². The summed E-state index contributed by atoms with van der Waals surface area (Å²) in [6.45, 7) is 8.59. The molecule has 1 N–H and O–H groups in total. The van der Waals surface area contributed by atoms with Crippen molar-refractivity contribution in [3.05, 3.63) is 34.9 Å². The lowest BCUT2D eigenvalue weighted by molar-refractivity contribution is -0.133. The van der Waals surface area contributed by atoms with Gasteiger partial charge in [0.1, 0.15) is 6.04 Å². The van der Waals surface area contributed by atoms with Crippen molar-refractivity contribution in [2.24, 2.45) is 11.8 Å². The summed E-state index contributed by atoms with van der Waals surface area (Å²) in [7, 11) is 1.76. The molecule has 0 fully saturated rings. The van der Waals surface area contributed by atoms with Gasteiger partial charge >= 0.3 is 0 Å². The molecule has 0 heterocycles. The first-order chi connectivity index (χ1) is 10.2. The van der Waals surface area contributed by atoms with Gasteiger partial charge in [0.15, 0.2) is 0 Å². The Morgan fingerprint density at radius 1 is 1.18 bits per heavy atom. The van der Waals surface area contributed by atoms with Crippen LogP contribution in [0.25, 0.3) is 0 Å². The highest BCUT2D eigenvalue weighted by atomic mass is 35.5. The molecule has 1 aromatic rings. The highest BCUT2D eigenvalue weighted by molar-refractivity contribution is 6.33. The van der Waals surface area contributed by atoms with Gasteiger partial charge in [0.05, 0.1) is 10.6 Å². The summed E-state index contributed by atoms with van der Waals surface area (Å²) >= 11 is 6.04. The second kappa shape index (κ2) is 8.18. The second-order valence-corrected chi connectivity index (χ2v) is 6.69. The van der Waals surface area contributed by atoms with E-state index < -0.39 is 6.04 Å². The first-order valence-corrected chi connectivity index (χ1v) is 7.92. The minimum Gasteiger partial charge on any atom is -0.344 e. The molecule has 2 amide bonds. The topological polar surface area (TPSA) is 49.4 Å². The van der Waals surface area contributed by atoms with Crippen LogP contribution in [0.5, 0.6) is 0 Å². The molecule has 0 saturated carbocycles. The molecule has 1 atom stereocenters. The minimum absolute atomic E-state index is 0.00597. The summed E-state index contributed by atoms with van der Waals surface area (Å²) in [6, 6.07) is 6.26. The van der Waals surface area contributed by atoms with E-state index in [4.69, 9.17) is 11.6 Å². The molecule has 0 aromatic heterocycles. The van der Waals surface area contributed by atoms with Crippen molar-refractivity contribution < 1.29 is 9.59 Å². The van der Waals surface area contributed by atoms with Crippen LogP contribution in [0.4, 0.5) is 0 Å². The van der Waals surface area contributed by atoms with Crippen LogP contribution in [0.3, 0.4) is 0 Å². The Hall–Kier alpha value is -1.55. The monoisotopic (exact) mass is 324 g/mol. The Balaban J connectivity index is 2.87. The van der Waals surface area contributed by atoms with Gasteiger partial charge in [0, 0.05) is 13.6 Å². The Labute approximate surface area is 137 Å². The molecule has 1 rings (SSSR count). The maximum Gasteiger partial charge on any atom is 0.253 e. The van der Waals surface area contributed by atoms with Crippen molar-refractivity contribution in [2.75, 3.05) is 13.6 Å². The molecule has 0 aliphatic carbocycles. The Kier molecular flexibility index (Phi) is 6.88. The zero-order chi connectivity index (χ0) is 16.9. The van der Waals surface area contributed by atoms with Crippen LogP contribution in [0.1, 0.15) is 38.1 Å².